The third kappa shape index (κ3) is 5.60. The minimum atomic E-state index is 0.694. The molecule has 0 unspecified atom stereocenters. The number of rotatable bonds is 6. The van der Waals surface area contributed by atoms with Crippen LogP contribution in [0.2, 0.25) is 0 Å². The summed E-state index contributed by atoms with van der Waals surface area (Å²) in [4.78, 5) is 8.84. The van der Waals surface area contributed by atoms with Crippen molar-refractivity contribution in [2.24, 2.45) is 9.98 Å². The summed E-state index contributed by atoms with van der Waals surface area (Å²) in [6, 6.07) is 0. The topological polar surface area (TPSA) is 65.4 Å². The fraction of sp³-hybridized carbons (Fsp3) is 0.312. The predicted molar refractivity (Wildman–Crippen MR) is 90.2 cm³/mol. The number of allylic oxidation sites excluding steroid dienone is 3. The van der Waals surface area contributed by atoms with Crippen molar-refractivity contribution >= 4 is 17.1 Å². The number of nitrogens with one attached hydrogen (secondary N) is 2. The van der Waals surface area contributed by atoms with Crippen molar-refractivity contribution in [3.8, 4) is 0 Å². The number of nitrogens with zero attached hydrogens (tertiary/aromatic N) is 3. The number of hydrogen-bond donors (Lipinski definition) is 2. The molecule has 0 saturated carbocycles. The average Bonchev–Trinajstić information content (AvgIpc) is 2.97. The number of amidine groups is 1. The zero-order chi connectivity index (χ0) is 15.7. The summed E-state index contributed by atoms with van der Waals surface area (Å²) >= 11 is 0. The summed E-state index contributed by atoms with van der Waals surface area (Å²) in [5.74, 6) is 0.694. The van der Waals surface area contributed by atoms with Crippen LogP contribution in [0.5, 0.6) is 0 Å². The fourth-order valence-corrected chi connectivity index (χ4v) is 1.60. The van der Waals surface area contributed by atoms with Gasteiger partial charge in [0.2, 0.25) is 0 Å². The zero-order valence-electron chi connectivity index (χ0n) is 13.1. The number of aliphatic imine (C=N–C) groups is 2. The van der Waals surface area contributed by atoms with Crippen LogP contribution in [0, 0.1) is 0 Å². The van der Waals surface area contributed by atoms with Crippen molar-refractivity contribution in [3.63, 3.8) is 0 Å². The second-order valence-corrected chi connectivity index (χ2v) is 4.57. The second-order valence-electron chi connectivity index (χ2n) is 4.57. The molecule has 0 aliphatic rings. The molecular formula is C16H23N5. The smallest absolute Gasteiger partial charge is 0.151 e. The first-order chi connectivity index (χ1) is 10.1. The molecule has 0 atom stereocenters. The molecule has 5 heteroatoms. The number of H-pyrrole nitrogens is 1. The van der Waals surface area contributed by atoms with E-state index in [1.165, 1.54) is 0 Å². The normalized spacial score (nSPS) is 13.8. The molecule has 1 rings (SSSR count). The third-order valence-corrected chi connectivity index (χ3v) is 2.69. The maximum Gasteiger partial charge on any atom is 0.151 e. The van der Waals surface area contributed by atoms with E-state index in [-0.39, 0.29) is 0 Å². The highest BCUT2D eigenvalue weighted by Gasteiger charge is 2.03. The highest BCUT2D eigenvalue weighted by molar-refractivity contribution is 6.41. The first-order valence-corrected chi connectivity index (χ1v) is 6.93. The molecule has 5 nitrogen and oxygen atoms in total. The largest absolute Gasteiger partial charge is 0.343 e. The van der Waals surface area contributed by atoms with E-state index in [9.17, 15) is 0 Å². The monoisotopic (exact) mass is 285 g/mol. The van der Waals surface area contributed by atoms with Gasteiger partial charge >= 0.3 is 0 Å². The molecule has 21 heavy (non-hydrogen) atoms. The quantitative estimate of drug-likeness (QED) is 0.618. The molecule has 0 aliphatic carbocycles. The van der Waals surface area contributed by atoms with Crippen molar-refractivity contribution in [2.75, 3.05) is 0 Å². The molecule has 1 aromatic heterocycles. The van der Waals surface area contributed by atoms with Crippen molar-refractivity contribution in [1.82, 2.24) is 15.5 Å². The molecule has 0 spiro atoms. The lowest BCUT2D eigenvalue weighted by molar-refractivity contribution is 1.09. The van der Waals surface area contributed by atoms with Gasteiger partial charge in [-0.15, -0.1) is 0 Å². The van der Waals surface area contributed by atoms with Crippen LogP contribution >= 0.6 is 0 Å². The van der Waals surface area contributed by atoms with E-state index in [1.807, 2.05) is 39.2 Å². The molecule has 0 amide bonds. The molecule has 0 aromatic carbocycles. The van der Waals surface area contributed by atoms with Crippen molar-refractivity contribution in [1.29, 1.82) is 0 Å². The van der Waals surface area contributed by atoms with Crippen LogP contribution in [-0.2, 0) is 0 Å². The SMILES string of the molecule is C=C(C)NC(=N/C=C\C)C(C)=N/C=C(\CC)c1cn[nH]c1. The Morgan fingerprint density at radius 2 is 2.19 bits per heavy atom. The van der Waals surface area contributed by atoms with Crippen LogP contribution in [0.4, 0.5) is 0 Å². The lowest BCUT2D eigenvalue weighted by Gasteiger charge is -2.08. The molecule has 1 heterocycles. The van der Waals surface area contributed by atoms with Gasteiger partial charge in [0.05, 0.1) is 11.9 Å². The fourth-order valence-electron chi connectivity index (χ4n) is 1.60. The van der Waals surface area contributed by atoms with Crippen LogP contribution in [0.3, 0.4) is 0 Å². The van der Waals surface area contributed by atoms with Crippen LogP contribution in [0.15, 0.2) is 53.1 Å². The number of aromatic amines is 1. The predicted octanol–water partition coefficient (Wildman–Crippen LogP) is 3.68. The van der Waals surface area contributed by atoms with Gasteiger partial charge in [-0.2, -0.15) is 5.10 Å². The lowest BCUT2D eigenvalue weighted by atomic mass is 10.1. The highest BCUT2D eigenvalue weighted by Crippen LogP contribution is 2.16. The van der Waals surface area contributed by atoms with Gasteiger partial charge in [0.15, 0.2) is 5.84 Å². The standard InChI is InChI=1S/C16H23N5/c1-6-8-17-16(21-12(3)4)13(5)18-9-14(7-2)15-10-19-20-11-15/h6,8-11H,3,7H2,1-2,4-5H3,(H,17,21)(H,19,20)/b8-6-,14-9+,18-13?. The Labute approximate surface area is 126 Å². The first kappa shape index (κ1) is 16.6. The van der Waals surface area contributed by atoms with E-state index in [4.69, 9.17) is 0 Å². The summed E-state index contributed by atoms with van der Waals surface area (Å²) in [5.41, 5.74) is 3.78. The lowest BCUT2D eigenvalue weighted by Crippen LogP contribution is -2.27. The Kier molecular flexibility index (Phi) is 6.87. The highest BCUT2D eigenvalue weighted by atomic mass is 15.1. The second kappa shape index (κ2) is 8.68. The van der Waals surface area contributed by atoms with E-state index in [0.29, 0.717) is 5.84 Å². The van der Waals surface area contributed by atoms with Gasteiger partial charge in [-0.1, -0.05) is 19.6 Å². The minimum absolute atomic E-state index is 0.694. The van der Waals surface area contributed by atoms with Gasteiger partial charge in [-0.3, -0.25) is 10.1 Å². The molecule has 0 aliphatic heterocycles. The van der Waals surface area contributed by atoms with Gasteiger partial charge in [-0.05, 0) is 32.8 Å². The molecule has 112 valence electrons. The summed E-state index contributed by atoms with van der Waals surface area (Å²) in [6.07, 6.45) is 9.98. The van der Waals surface area contributed by atoms with Gasteiger partial charge in [0, 0.05) is 29.9 Å². The van der Waals surface area contributed by atoms with Crippen LogP contribution in [0.25, 0.3) is 5.57 Å². The zero-order valence-corrected chi connectivity index (χ0v) is 13.1. The van der Waals surface area contributed by atoms with Crippen LogP contribution in [-0.4, -0.2) is 21.7 Å². The molecule has 1 aromatic rings. The van der Waals surface area contributed by atoms with Crippen LogP contribution in [0.1, 0.15) is 39.7 Å². The number of aromatic nitrogens is 2. The van der Waals surface area contributed by atoms with Crippen molar-refractivity contribution < 1.29 is 0 Å². The Hall–Kier alpha value is -2.43. The molecule has 2 N–H and O–H groups in total. The van der Waals surface area contributed by atoms with Gasteiger partial charge in [-0.25, -0.2) is 4.99 Å². The van der Waals surface area contributed by atoms with Crippen molar-refractivity contribution in [2.45, 2.75) is 34.1 Å². The van der Waals surface area contributed by atoms with E-state index < -0.39 is 0 Å². The maximum atomic E-state index is 4.50. The minimum Gasteiger partial charge on any atom is -0.343 e. The Morgan fingerprint density at radius 1 is 1.43 bits per heavy atom. The molecular weight excluding hydrogens is 262 g/mol. The average molecular weight is 285 g/mol. The van der Waals surface area contributed by atoms with Gasteiger partial charge in [0.25, 0.3) is 0 Å². The Balaban J connectivity index is 3.01. The van der Waals surface area contributed by atoms with E-state index in [0.717, 1.165) is 29.0 Å². The third-order valence-electron chi connectivity index (χ3n) is 2.69. The van der Waals surface area contributed by atoms with Crippen molar-refractivity contribution in [3.05, 3.63) is 48.7 Å². The molecule has 0 radical (unpaired) electrons. The Morgan fingerprint density at radius 3 is 2.71 bits per heavy atom. The molecule has 0 saturated heterocycles. The summed E-state index contributed by atoms with van der Waals surface area (Å²) in [7, 11) is 0. The van der Waals surface area contributed by atoms with Gasteiger partial charge in [0.1, 0.15) is 0 Å². The molecule has 0 bridgehead atoms. The molecule has 0 fully saturated rings. The van der Waals surface area contributed by atoms with E-state index in [1.54, 1.807) is 12.4 Å². The Bertz CT molecular complexity index is 574. The number of hydrogen-bond acceptors (Lipinski definition) is 3. The van der Waals surface area contributed by atoms with E-state index >= 15 is 0 Å². The summed E-state index contributed by atoms with van der Waals surface area (Å²) in [6.45, 7) is 11.6. The summed E-state index contributed by atoms with van der Waals surface area (Å²) in [5, 5.41) is 9.89. The van der Waals surface area contributed by atoms with Gasteiger partial charge < -0.3 is 5.32 Å². The van der Waals surface area contributed by atoms with Crippen LogP contribution < -0.4 is 5.32 Å². The first-order valence-electron chi connectivity index (χ1n) is 6.93. The maximum absolute atomic E-state index is 4.50. The summed E-state index contributed by atoms with van der Waals surface area (Å²) < 4.78 is 0. The van der Waals surface area contributed by atoms with E-state index in [2.05, 4.69) is 39.0 Å².